The van der Waals surface area contributed by atoms with Gasteiger partial charge in [-0.3, -0.25) is 0 Å². The van der Waals surface area contributed by atoms with Crippen LogP contribution in [0.15, 0.2) is 28.8 Å². The normalized spacial score (nSPS) is 11.6. The van der Waals surface area contributed by atoms with Crippen LogP contribution in [0.3, 0.4) is 0 Å². The highest BCUT2D eigenvalue weighted by Gasteiger charge is 2.20. The summed E-state index contributed by atoms with van der Waals surface area (Å²) in [4.78, 5) is 4.37. The van der Waals surface area contributed by atoms with E-state index in [-0.39, 0.29) is 0 Å². The van der Waals surface area contributed by atoms with Crippen LogP contribution in [0, 0.1) is 6.92 Å². The largest absolute Gasteiger partial charge is 0.400 e. The first-order valence-electron chi connectivity index (χ1n) is 4.49. The molecule has 0 N–H and O–H groups in total. The van der Waals surface area contributed by atoms with Crippen LogP contribution in [-0.2, 0) is 7.05 Å². The molecule has 3 aromatic heterocycles. The summed E-state index contributed by atoms with van der Waals surface area (Å²) in [5.74, 6) is 0.862. The maximum atomic E-state index is 5.51. The van der Waals surface area contributed by atoms with Gasteiger partial charge in [0.1, 0.15) is 0 Å². The molecular formula is C10H10N3O+. The van der Waals surface area contributed by atoms with Crippen molar-refractivity contribution in [3.05, 3.63) is 30.3 Å². The average Bonchev–Trinajstić information content (AvgIpc) is 2.65. The van der Waals surface area contributed by atoms with Crippen LogP contribution in [0.2, 0.25) is 0 Å². The molecule has 0 aliphatic heterocycles. The summed E-state index contributed by atoms with van der Waals surface area (Å²) in [5, 5.41) is 0. The van der Waals surface area contributed by atoms with Gasteiger partial charge in [0.25, 0.3) is 5.89 Å². The van der Waals surface area contributed by atoms with Crippen molar-refractivity contribution in [3.63, 3.8) is 0 Å². The van der Waals surface area contributed by atoms with E-state index in [2.05, 4.69) is 4.98 Å². The third kappa shape index (κ3) is 0.775. The highest BCUT2D eigenvalue weighted by molar-refractivity contribution is 5.67. The molecule has 0 unspecified atom stereocenters. The molecule has 0 aromatic carbocycles. The quantitative estimate of drug-likeness (QED) is 0.497. The second kappa shape index (κ2) is 2.35. The first-order valence-corrected chi connectivity index (χ1v) is 4.49. The summed E-state index contributed by atoms with van der Waals surface area (Å²) in [6, 6.07) is 5.91. The number of oxazole rings is 1. The maximum absolute atomic E-state index is 5.51. The Morgan fingerprint density at radius 1 is 1.43 bits per heavy atom. The summed E-state index contributed by atoms with van der Waals surface area (Å²) in [5.41, 5.74) is 2.60. The van der Waals surface area contributed by atoms with Gasteiger partial charge in [-0.1, -0.05) is 6.07 Å². The van der Waals surface area contributed by atoms with Crippen molar-refractivity contribution < 1.29 is 8.98 Å². The molecule has 4 nitrogen and oxygen atoms in total. The Balaban J connectivity index is 2.62. The minimum atomic E-state index is 0.691. The van der Waals surface area contributed by atoms with E-state index in [1.807, 2.05) is 47.3 Å². The molecule has 0 aliphatic carbocycles. The van der Waals surface area contributed by atoms with Crippen molar-refractivity contribution in [2.45, 2.75) is 6.92 Å². The van der Waals surface area contributed by atoms with Gasteiger partial charge in [0.15, 0.2) is 0 Å². The highest BCUT2D eigenvalue weighted by atomic mass is 16.4. The lowest BCUT2D eigenvalue weighted by atomic mass is 10.5. The molecule has 3 aromatic rings. The number of aryl methyl sites for hydroxylation is 2. The molecule has 3 rings (SSSR count). The third-order valence-corrected chi connectivity index (χ3v) is 2.51. The van der Waals surface area contributed by atoms with Gasteiger partial charge >= 0.3 is 11.4 Å². The topological polar surface area (TPSA) is 34.3 Å². The van der Waals surface area contributed by atoms with Crippen molar-refractivity contribution >= 4 is 17.0 Å². The van der Waals surface area contributed by atoms with E-state index < -0.39 is 0 Å². The van der Waals surface area contributed by atoms with Gasteiger partial charge in [-0.05, 0) is 6.07 Å². The Morgan fingerprint density at radius 3 is 3.14 bits per heavy atom. The molecule has 0 spiro atoms. The van der Waals surface area contributed by atoms with Crippen LogP contribution in [-0.4, -0.2) is 9.38 Å². The Hall–Kier alpha value is -1.84. The minimum absolute atomic E-state index is 0.691. The molecule has 14 heavy (non-hydrogen) atoms. The van der Waals surface area contributed by atoms with E-state index in [1.165, 1.54) is 0 Å². The van der Waals surface area contributed by atoms with Gasteiger partial charge in [0.05, 0.1) is 13.2 Å². The molecule has 4 heteroatoms. The second-order valence-corrected chi connectivity index (χ2v) is 3.35. The van der Waals surface area contributed by atoms with Gasteiger partial charge in [-0.25, -0.2) is 0 Å². The van der Waals surface area contributed by atoms with Gasteiger partial charge < -0.3 is 4.42 Å². The summed E-state index contributed by atoms with van der Waals surface area (Å²) in [6.45, 7) is 1.93. The Labute approximate surface area is 80.4 Å². The zero-order chi connectivity index (χ0) is 9.71. The number of pyridine rings is 1. The number of hydrogen-bond acceptors (Lipinski definition) is 2. The average molecular weight is 188 g/mol. The second-order valence-electron chi connectivity index (χ2n) is 3.35. The number of fused-ring (bicyclic) bond motifs is 3. The van der Waals surface area contributed by atoms with Crippen molar-refractivity contribution in [1.82, 2.24) is 9.38 Å². The SMILES string of the molecule is Cc1oc2nc3ccccn3c2[n+]1C. The van der Waals surface area contributed by atoms with Crippen LogP contribution < -0.4 is 4.57 Å². The van der Waals surface area contributed by atoms with Crippen LogP contribution in [0.4, 0.5) is 0 Å². The number of hydrogen-bond donors (Lipinski definition) is 0. The number of aromatic nitrogens is 3. The van der Waals surface area contributed by atoms with E-state index in [0.717, 1.165) is 17.2 Å². The first kappa shape index (κ1) is 7.55. The summed E-state index contributed by atoms with van der Waals surface area (Å²) in [7, 11) is 1.97. The number of rotatable bonds is 0. The summed E-state index contributed by atoms with van der Waals surface area (Å²) in [6.07, 6.45) is 1.99. The Kier molecular flexibility index (Phi) is 1.27. The lowest BCUT2D eigenvalue weighted by Gasteiger charge is -1.87. The van der Waals surface area contributed by atoms with E-state index in [4.69, 9.17) is 4.42 Å². The lowest BCUT2D eigenvalue weighted by molar-refractivity contribution is -0.659. The molecule has 3 heterocycles. The fraction of sp³-hybridized carbons (Fsp3) is 0.200. The monoisotopic (exact) mass is 188 g/mol. The van der Waals surface area contributed by atoms with Gasteiger partial charge in [-0.15, -0.1) is 0 Å². The van der Waals surface area contributed by atoms with Crippen LogP contribution in [0.1, 0.15) is 5.89 Å². The fourth-order valence-electron chi connectivity index (χ4n) is 1.69. The maximum Gasteiger partial charge on any atom is 0.354 e. The molecule has 70 valence electrons. The molecule has 0 fully saturated rings. The highest BCUT2D eigenvalue weighted by Crippen LogP contribution is 2.14. The molecule has 0 atom stereocenters. The van der Waals surface area contributed by atoms with Gasteiger partial charge in [0, 0.05) is 13.0 Å². The lowest BCUT2D eigenvalue weighted by Crippen LogP contribution is -2.30. The van der Waals surface area contributed by atoms with Crippen LogP contribution in [0.5, 0.6) is 0 Å². The Morgan fingerprint density at radius 2 is 2.29 bits per heavy atom. The molecule has 0 saturated heterocycles. The molecule has 0 radical (unpaired) electrons. The molecular weight excluding hydrogens is 178 g/mol. The summed E-state index contributed by atoms with van der Waals surface area (Å²) >= 11 is 0. The van der Waals surface area contributed by atoms with E-state index in [1.54, 1.807) is 0 Å². The minimum Gasteiger partial charge on any atom is -0.400 e. The van der Waals surface area contributed by atoms with Gasteiger partial charge in [0.2, 0.25) is 5.65 Å². The van der Waals surface area contributed by atoms with Crippen molar-refractivity contribution in [2.75, 3.05) is 0 Å². The van der Waals surface area contributed by atoms with Gasteiger partial charge in [-0.2, -0.15) is 14.0 Å². The van der Waals surface area contributed by atoms with Crippen LogP contribution >= 0.6 is 0 Å². The zero-order valence-electron chi connectivity index (χ0n) is 8.06. The fourth-order valence-corrected chi connectivity index (χ4v) is 1.69. The van der Waals surface area contributed by atoms with Crippen molar-refractivity contribution in [3.8, 4) is 0 Å². The predicted molar refractivity (Wildman–Crippen MR) is 50.9 cm³/mol. The number of nitrogens with zero attached hydrogens (tertiary/aromatic N) is 3. The van der Waals surface area contributed by atoms with E-state index in [9.17, 15) is 0 Å². The molecule has 0 saturated carbocycles. The predicted octanol–water partition coefficient (Wildman–Crippen LogP) is 1.21. The standard InChI is InChI=1S/C10H10N3O/c1-7-12(2)10-9(14-7)11-8-5-3-4-6-13(8)10/h3-6H,1-2H3/q+1. The molecule has 0 aliphatic rings. The first-order chi connectivity index (χ1) is 6.77. The van der Waals surface area contributed by atoms with E-state index >= 15 is 0 Å². The van der Waals surface area contributed by atoms with Crippen molar-refractivity contribution in [2.24, 2.45) is 7.05 Å². The smallest absolute Gasteiger partial charge is 0.354 e. The Bertz CT molecular complexity index is 621. The number of imidazole rings is 1. The molecule has 0 amide bonds. The molecule has 0 bridgehead atoms. The van der Waals surface area contributed by atoms with Crippen LogP contribution in [0.25, 0.3) is 17.0 Å². The zero-order valence-corrected chi connectivity index (χ0v) is 8.06. The third-order valence-electron chi connectivity index (χ3n) is 2.51. The van der Waals surface area contributed by atoms with Crippen molar-refractivity contribution in [1.29, 1.82) is 0 Å². The summed E-state index contributed by atoms with van der Waals surface area (Å²) < 4.78 is 9.53. The van der Waals surface area contributed by atoms with E-state index in [0.29, 0.717) is 5.71 Å².